The van der Waals surface area contributed by atoms with E-state index in [0.717, 1.165) is 5.25 Å². The number of rotatable bonds is 2. The molecule has 3 rings (SSSR count). The molecule has 0 N–H and O–H groups in total. The van der Waals surface area contributed by atoms with Crippen LogP contribution in [0.25, 0.3) is 0 Å². The van der Waals surface area contributed by atoms with E-state index in [-0.39, 0.29) is 0 Å². The van der Waals surface area contributed by atoms with E-state index >= 15 is 0 Å². The van der Waals surface area contributed by atoms with Crippen LogP contribution in [0, 0.1) is 5.41 Å². The van der Waals surface area contributed by atoms with Crippen molar-refractivity contribution in [3.05, 3.63) is 29.8 Å². The Morgan fingerprint density at radius 1 is 1.22 bits per heavy atom. The number of fused-ring (bicyclic) bond motifs is 1. The standard InChI is InChI=1S/C16H23NS/c1-16(2)7-9-17(10-8-16)12-14-11-13-5-3-4-6-15(13)18-14/h3-6,14H,7-12H2,1-2H3. The summed E-state index contributed by atoms with van der Waals surface area (Å²) in [6, 6.07) is 8.91. The van der Waals surface area contributed by atoms with Crippen molar-refractivity contribution in [2.24, 2.45) is 5.41 Å². The van der Waals surface area contributed by atoms with E-state index in [9.17, 15) is 0 Å². The van der Waals surface area contributed by atoms with Crippen LogP contribution >= 0.6 is 11.8 Å². The SMILES string of the molecule is CC1(C)CCN(CC2Cc3ccccc3S2)CC1. The smallest absolute Gasteiger partial charge is 0.0263 e. The summed E-state index contributed by atoms with van der Waals surface area (Å²) >= 11 is 2.09. The number of hydrogen-bond acceptors (Lipinski definition) is 2. The van der Waals surface area contributed by atoms with Crippen LogP contribution in [0.4, 0.5) is 0 Å². The van der Waals surface area contributed by atoms with Gasteiger partial charge in [0.15, 0.2) is 0 Å². The highest BCUT2D eigenvalue weighted by atomic mass is 32.2. The molecule has 0 aliphatic carbocycles. The Labute approximate surface area is 115 Å². The molecule has 0 spiro atoms. The summed E-state index contributed by atoms with van der Waals surface area (Å²) in [6.07, 6.45) is 3.98. The molecule has 1 atom stereocenters. The lowest BCUT2D eigenvalue weighted by atomic mass is 9.82. The maximum atomic E-state index is 2.68. The van der Waals surface area contributed by atoms with Crippen LogP contribution < -0.4 is 0 Å². The van der Waals surface area contributed by atoms with Crippen LogP contribution in [-0.4, -0.2) is 29.8 Å². The molecule has 2 heteroatoms. The molecule has 1 aromatic rings. The van der Waals surface area contributed by atoms with E-state index in [1.165, 1.54) is 43.8 Å². The van der Waals surface area contributed by atoms with Crippen LogP contribution in [0.3, 0.4) is 0 Å². The Morgan fingerprint density at radius 2 is 1.94 bits per heavy atom. The lowest BCUT2D eigenvalue weighted by molar-refractivity contribution is 0.133. The third-order valence-electron chi connectivity index (χ3n) is 4.39. The van der Waals surface area contributed by atoms with Gasteiger partial charge in [0.05, 0.1) is 0 Å². The van der Waals surface area contributed by atoms with Gasteiger partial charge in [-0.3, -0.25) is 0 Å². The second kappa shape index (κ2) is 4.90. The minimum atomic E-state index is 0.572. The molecule has 98 valence electrons. The summed E-state index contributed by atoms with van der Waals surface area (Å²) < 4.78 is 0. The molecule has 0 saturated carbocycles. The van der Waals surface area contributed by atoms with E-state index in [1.54, 1.807) is 5.56 Å². The highest BCUT2D eigenvalue weighted by molar-refractivity contribution is 8.00. The van der Waals surface area contributed by atoms with Crippen molar-refractivity contribution in [3.63, 3.8) is 0 Å². The predicted octanol–water partition coefficient (Wildman–Crippen LogP) is 3.83. The van der Waals surface area contributed by atoms with Crippen LogP contribution in [0.2, 0.25) is 0 Å². The fourth-order valence-electron chi connectivity index (χ4n) is 2.98. The highest BCUT2D eigenvalue weighted by Crippen LogP contribution is 2.38. The molecule has 1 fully saturated rings. The number of piperidine rings is 1. The Bertz CT molecular complexity index is 392. The molecule has 2 heterocycles. The number of nitrogens with zero attached hydrogens (tertiary/aromatic N) is 1. The average Bonchev–Trinajstić information content (AvgIpc) is 2.74. The Morgan fingerprint density at radius 3 is 2.67 bits per heavy atom. The van der Waals surface area contributed by atoms with Gasteiger partial charge in [-0.05, 0) is 49.4 Å². The van der Waals surface area contributed by atoms with E-state index in [2.05, 4.69) is 54.8 Å². The lowest BCUT2D eigenvalue weighted by Crippen LogP contribution is -2.40. The molecular weight excluding hydrogens is 238 g/mol. The van der Waals surface area contributed by atoms with Crippen molar-refractivity contribution in [1.29, 1.82) is 0 Å². The second-order valence-corrected chi connectivity index (χ2v) is 7.86. The van der Waals surface area contributed by atoms with Crippen molar-refractivity contribution in [2.75, 3.05) is 19.6 Å². The van der Waals surface area contributed by atoms with Crippen LogP contribution in [-0.2, 0) is 6.42 Å². The lowest BCUT2D eigenvalue weighted by Gasteiger charge is -2.37. The molecule has 18 heavy (non-hydrogen) atoms. The predicted molar refractivity (Wildman–Crippen MR) is 79.2 cm³/mol. The molecule has 0 radical (unpaired) electrons. The molecular formula is C16H23NS. The molecule has 0 amide bonds. The van der Waals surface area contributed by atoms with Gasteiger partial charge in [-0.15, -0.1) is 11.8 Å². The van der Waals surface area contributed by atoms with Crippen LogP contribution in [0.1, 0.15) is 32.3 Å². The van der Waals surface area contributed by atoms with Crippen molar-refractivity contribution in [1.82, 2.24) is 4.90 Å². The fraction of sp³-hybridized carbons (Fsp3) is 0.625. The second-order valence-electron chi connectivity index (χ2n) is 6.52. The number of benzene rings is 1. The number of likely N-dealkylation sites (tertiary alicyclic amines) is 1. The van der Waals surface area contributed by atoms with Crippen LogP contribution in [0.15, 0.2) is 29.2 Å². The summed E-state index contributed by atoms with van der Waals surface area (Å²) in [5.41, 5.74) is 2.13. The van der Waals surface area contributed by atoms with E-state index < -0.39 is 0 Å². The first-order valence-corrected chi connectivity index (χ1v) is 7.97. The molecule has 1 nitrogen and oxygen atoms in total. The molecule has 1 aromatic carbocycles. The molecule has 0 aromatic heterocycles. The van der Waals surface area contributed by atoms with Gasteiger partial charge in [-0.25, -0.2) is 0 Å². The maximum absolute atomic E-state index is 2.68. The summed E-state index contributed by atoms with van der Waals surface area (Å²) in [4.78, 5) is 4.19. The quantitative estimate of drug-likeness (QED) is 0.796. The minimum Gasteiger partial charge on any atom is -0.302 e. The first-order valence-electron chi connectivity index (χ1n) is 7.09. The number of hydrogen-bond donors (Lipinski definition) is 0. The zero-order valence-electron chi connectivity index (χ0n) is 11.5. The van der Waals surface area contributed by atoms with Gasteiger partial charge in [0, 0.05) is 16.7 Å². The third-order valence-corrected chi connectivity index (χ3v) is 5.69. The van der Waals surface area contributed by atoms with E-state index in [0.29, 0.717) is 5.41 Å². The van der Waals surface area contributed by atoms with Crippen molar-refractivity contribution in [2.45, 2.75) is 43.3 Å². The van der Waals surface area contributed by atoms with Gasteiger partial charge in [0.25, 0.3) is 0 Å². The van der Waals surface area contributed by atoms with Gasteiger partial charge in [-0.2, -0.15) is 0 Å². The molecule has 1 unspecified atom stereocenters. The van der Waals surface area contributed by atoms with Crippen molar-refractivity contribution < 1.29 is 0 Å². The van der Waals surface area contributed by atoms with E-state index in [1.807, 2.05) is 0 Å². The Hall–Kier alpha value is -0.470. The monoisotopic (exact) mass is 261 g/mol. The van der Waals surface area contributed by atoms with Gasteiger partial charge in [-0.1, -0.05) is 32.0 Å². The maximum Gasteiger partial charge on any atom is 0.0263 e. The molecule has 2 aliphatic rings. The zero-order valence-corrected chi connectivity index (χ0v) is 12.3. The Kier molecular flexibility index (Phi) is 3.42. The average molecular weight is 261 g/mol. The van der Waals surface area contributed by atoms with Gasteiger partial charge < -0.3 is 4.90 Å². The largest absolute Gasteiger partial charge is 0.302 e. The van der Waals surface area contributed by atoms with Crippen LogP contribution in [0.5, 0.6) is 0 Å². The van der Waals surface area contributed by atoms with Crippen molar-refractivity contribution in [3.8, 4) is 0 Å². The molecule has 0 bridgehead atoms. The molecule has 1 saturated heterocycles. The zero-order chi connectivity index (χ0) is 12.6. The summed E-state index contributed by atoms with van der Waals surface area (Å²) in [5, 5.41) is 0.781. The fourth-order valence-corrected chi connectivity index (χ4v) is 4.35. The highest BCUT2D eigenvalue weighted by Gasteiger charge is 2.29. The third kappa shape index (κ3) is 2.75. The minimum absolute atomic E-state index is 0.572. The Balaban J connectivity index is 1.54. The van der Waals surface area contributed by atoms with Gasteiger partial charge in [0.2, 0.25) is 0 Å². The van der Waals surface area contributed by atoms with Gasteiger partial charge >= 0.3 is 0 Å². The normalized spacial score (nSPS) is 27.1. The molecule has 2 aliphatic heterocycles. The first kappa shape index (κ1) is 12.6. The number of thioether (sulfide) groups is 1. The first-order chi connectivity index (χ1) is 8.62. The van der Waals surface area contributed by atoms with E-state index in [4.69, 9.17) is 0 Å². The topological polar surface area (TPSA) is 3.24 Å². The summed E-state index contributed by atoms with van der Waals surface area (Å²) in [5.74, 6) is 0. The summed E-state index contributed by atoms with van der Waals surface area (Å²) in [6.45, 7) is 8.67. The van der Waals surface area contributed by atoms with Crippen molar-refractivity contribution >= 4 is 11.8 Å². The summed E-state index contributed by atoms with van der Waals surface area (Å²) in [7, 11) is 0. The van der Waals surface area contributed by atoms with Gasteiger partial charge in [0.1, 0.15) is 0 Å².